The number of anilines is 1. The van der Waals surface area contributed by atoms with E-state index < -0.39 is 0 Å². The number of fused-ring (bicyclic) bond motifs is 1. The number of para-hydroxylation sites is 2. The largest absolute Gasteiger partial charge is 0.495 e. The summed E-state index contributed by atoms with van der Waals surface area (Å²) in [7, 11) is 1.55. The van der Waals surface area contributed by atoms with Gasteiger partial charge in [-0.25, -0.2) is 9.67 Å². The van der Waals surface area contributed by atoms with Gasteiger partial charge in [0.1, 0.15) is 12.3 Å². The van der Waals surface area contributed by atoms with Gasteiger partial charge in [0.25, 0.3) is 5.56 Å². The number of pyridine rings is 1. The molecule has 0 aliphatic rings. The van der Waals surface area contributed by atoms with Gasteiger partial charge in [-0.3, -0.25) is 14.3 Å². The van der Waals surface area contributed by atoms with Crippen molar-refractivity contribution >= 4 is 22.6 Å². The van der Waals surface area contributed by atoms with E-state index in [0.717, 1.165) is 11.1 Å². The second-order valence-corrected chi connectivity index (χ2v) is 7.07. The average molecular weight is 402 g/mol. The number of amides is 1. The third-order valence-electron chi connectivity index (χ3n) is 5.10. The van der Waals surface area contributed by atoms with Crippen molar-refractivity contribution in [3.63, 3.8) is 0 Å². The van der Waals surface area contributed by atoms with Crippen molar-refractivity contribution in [2.45, 2.75) is 20.4 Å². The first-order valence-electron chi connectivity index (χ1n) is 9.56. The lowest BCUT2D eigenvalue weighted by atomic mass is 10.1. The number of benzene rings is 2. The van der Waals surface area contributed by atoms with Gasteiger partial charge in [-0.1, -0.05) is 18.2 Å². The second kappa shape index (κ2) is 7.87. The smallest absolute Gasteiger partial charge is 0.280 e. The fourth-order valence-corrected chi connectivity index (χ4v) is 3.42. The molecule has 0 bridgehead atoms. The first-order chi connectivity index (χ1) is 14.5. The van der Waals surface area contributed by atoms with E-state index in [1.165, 1.54) is 4.68 Å². The maximum absolute atomic E-state index is 13.1. The molecule has 7 heteroatoms. The monoisotopic (exact) mass is 402 g/mol. The molecule has 30 heavy (non-hydrogen) atoms. The fraction of sp³-hybridized carbons (Fsp3) is 0.174. The van der Waals surface area contributed by atoms with Crippen LogP contribution < -0.4 is 15.6 Å². The third kappa shape index (κ3) is 3.45. The highest BCUT2D eigenvalue weighted by molar-refractivity contribution is 5.93. The van der Waals surface area contributed by atoms with Crippen molar-refractivity contribution in [3.05, 3.63) is 82.3 Å². The molecule has 152 valence electrons. The number of hydrogen-bond acceptors (Lipinski definition) is 4. The average Bonchev–Trinajstić information content (AvgIpc) is 3.02. The second-order valence-electron chi connectivity index (χ2n) is 7.07. The van der Waals surface area contributed by atoms with Crippen LogP contribution in [0.15, 0.2) is 65.6 Å². The highest BCUT2D eigenvalue weighted by Crippen LogP contribution is 2.23. The number of aryl methyl sites for hydroxylation is 2. The molecule has 0 fully saturated rings. The summed E-state index contributed by atoms with van der Waals surface area (Å²) in [5, 5.41) is 3.31. The highest BCUT2D eigenvalue weighted by Gasteiger charge is 2.18. The van der Waals surface area contributed by atoms with Crippen LogP contribution >= 0.6 is 0 Å². The molecule has 7 nitrogen and oxygen atoms in total. The van der Waals surface area contributed by atoms with Gasteiger partial charge in [0, 0.05) is 6.20 Å². The van der Waals surface area contributed by atoms with Crippen LogP contribution in [0.1, 0.15) is 11.1 Å². The molecule has 2 heterocycles. The summed E-state index contributed by atoms with van der Waals surface area (Å²) in [6.45, 7) is 3.92. The Balaban J connectivity index is 1.79. The van der Waals surface area contributed by atoms with Gasteiger partial charge in [-0.15, -0.1) is 0 Å². The first-order valence-corrected chi connectivity index (χ1v) is 9.56. The standard InChI is InChI=1S/C23H22N4O3/c1-15-10-11-17(13-16(15)2)27-23(29)18-7-6-12-24-22(18)26(27)14-21(28)25-19-8-4-5-9-20(19)30-3/h4-13H,14H2,1-3H3,(H,25,28). The molecule has 0 aliphatic heterocycles. The molecule has 2 aromatic heterocycles. The van der Waals surface area contributed by atoms with Crippen LogP contribution in [0.3, 0.4) is 0 Å². The first kappa shape index (κ1) is 19.4. The van der Waals surface area contributed by atoms with Gasteiger partial charge in [0.15, 0.2) is 5.65 Å². The maximum Gasteiger partial charge on any atom is 0.280 e. The number of carbonyl (C=O) groups excluding carboxylic acids is 1. The van der Waals surface area contributed by atoms with Crippen LogP contribution in [0.4, 0.5) is 5.69 Å². The Morgan fingerprint density at radius 3 is 2.63 bits per heavy atom. The SMILES string of the molecule is COc1ccccc1NC(=O)Cn1c2ncccc2c(=O)n1-c1ccc(C)c(C)c1. The Kier molecular flexibility index (Phi) is 5.10. The zero-order valence-corrected chi connectivity index (χ0v) is 17.0. The van der Waals surface area contributed by atoms with E-state index in [2.05, 4.69) is 10.3 Å². The predicted octanol–water partition coefficient (Wildman–Crippen LogP) is 3.45. The highest BCUT2D eigenvalue weighted by atomic mass is 16.5. The number of methoxy groups -OCH3 is 1. The van der Waals surface area contributed by atoms with E-state index in [0.29, 0.717) is 28.2 Å². The number of rotatable bonds is 5. The van der Waals surface area contributed by atoms with Crippen LogP contribution in [0.5, 0.6) is 5.75 Å². The Hall–Kier alpha value is -3.87. The number of hydrogen-bond donors (Lipinski definition) is 1. The number of aromatic nitrogens is 3. The van der Waals surface area contributed by atoms with Gasteiger partial charge in [-0.05, 0) is 61.4 Å². The van der Waals surface area contributed by atoms with Crippen molar-refractivity contribution in [3.8, 4) is 11.4 Å². The van der Waals surface area contributed by atoms with Crippen LogP contribution in [-0.4, -0.2) is 27.4 Å². The molecular formula is C23H22N4O3. The molecule has 4 rings (SSSR count). The summed E-state index contributed by atoms with van der Waals surface area (Å²) >= 11 is 0. The topological polar surface area (TPSA) is 78.2 Å². The van der Waals surface area contributed by atoms with Gasteiger partial charge >= 0.3 is 0 Å². The predicted molar refractivity (Wildman–Crippen MR) is 116 cm³/mol. The summed E-state index contributed by atoms with van der Waals surface area (Å²) in [6.07, 6.45) is 1.61. The Morgan fingerprint density at radius 1 is 1.07 bits per heavy atom. The van der Waals surface area contributed by atoms with Gasteiger partial charge < -0.3 is 10.1 Å². The fourth-order valence-electron chi connectivity index (χ4n) is 3.42. The van der Waals surface area contributed by atoms with Crippen LogP contribution in [0, 0.1) is 13.8 Å². The number of carbonyl (C=O) groups is 1. The lowest BCUT2D eigenvalue weighted by molar-refractivity contribution is -0.117. The van der Waals surface area contributed by atoms with E-state index in [-0.39, 0.29) is 18.0 Å². The van der Waals surface area contributed by atoms with Crippen LogP contribution in [0.25, 0.3) is 16.7 Å². The van der Waals surface area contributed by atoms with Crippen molar-refractivity contribution in [2.24, 2.45) is 0 Å². The molecule has 0 spiro atoms. The van der Waals surface area contributed by atoms with Crippen LogP contribution in [0.2, 0.25) is 0 Å². The lowest BCUT2D eigenvalue weighted by Crippen LogP contribution is -2.27. The summed E-state index contributed by atoms with van der Waals surface area (Å²) in [5.74, 6) is 0.271. The van der Waals surface area contributed by atoms with E-state index in [1.54, 1.807) is 42.3 Å². The molecule has 0 radical (unpaired) electrons. The van der Waals surface area contributed by atoms with Crippen molar-refractivity contribution in [1.29, 1.82) is 0 Å². The molecule has 0 atom stereocenters. The molecule has 0 saturated carbocycles. The summed E-state index contributed by atoms with van der Waals surface area (Å²) in [4.78, 5) is 30.4. The van der Waals surface area contributed by atoms with E-state index in [9.17, 15) is 9.59 Å². The minimum absolute atomic E-state index is 0.0826. The summed E-state index contributed by atoms with van der Waals surface area (Å²) in [5.41, 5.74) is 3.67. The molecule has 0 aliphatic carbocycles. The third-order valence-corrected chi connectivity index (χ3v) is 5.10. The molecule has 4 aromatic rings. The molecule has 0 unspecified atom stereocenters. The Labute approximate surface area is 173 Å². The minimum atomic E-state index is -0.292. The molecular weight excluding hydrogens is 380 g/mol. The van der Waals surface area contributed by atoms with Crippen LogP contribution in [-0.2, 0) is 11.3 Å². The molecule has 2 aromatic carbocycles. The Bertz CT molecular complexity index is 1300. The number of nitrogens with one attached hydrogen (secondary N) is 1. The minimum Gasteiger partial charge on any atom is -0.495 e. The molecule has 0 saturated heterocycles. The van der Waals surface area contributed by atoms with E-state index >= 15 is 0 Å². The van der Waals surface area contributed by atoms with Gasteiger partial charge in [0.2, 0.25) is 5.91 Å². The maximum atomic E-state index is 13.1. The summed E-state index contributed by atoms with van der Waals surface area (Å²) < 4.78 is 8.41. The quantitative estimate of drug-likeness (QED) is 0.555. The molecule has 1 N–H and O–H groups in total. The normalized spacial score (nSPS) is 10.9. The van der Waals surface area contributed by atoms with Gasteiger partial charge in [-0.2, -0.15) is 0 Å². The van der Waals surface area contributed by atoms with E-state index in [1.807, 2.05) is 44.2 Å². The van der Waals surface area contributed by atoms with Crippen molar-refractivity contribution < 1.29 is 9.53 Å². The zero-order chi connectivity index (χ0) is 21.3. The number of ether oxygens (including phenoxy) is 1. The van der Waals surface area contributed by atoms with Crippen molar-refractivity contribution in [2.75, 3.05) is 12.4 Å². The van der Waals surface area contributed by atoms with Gasteiger partial charge in [0.05, 0.1) is 23.9 Å². The number of nitrogens with zero attached hydrogens (tertiary/aromatic N) is 3. The summed E-state index contributed by atoms with van der Waals surface area (Å²) in [6, 6.07) is 16.4. The van der Waals surface area contributed by atoms with E-state index in [4.69, 9.17) is 4.74 Å². The van der Waals surface area contributed by atoms with Crippen molar-refractivity contribution in [1.82, 2.24) is 14.3 Å². The Morgan fingerprint density at radius 2 is 1.87 bits per heavy atom. The molecule has 1 amide bonds. The lowest BCUT2D eigenvalue weighted by Gasteiger charge is -2.14. The zero-order valence-electron chi connectivity index (χ0n) is 17.0.